The number of aryl methyl sites for hydroxylation is 1. The highest BCUT2D eigenvalue weighted by Gasteiger charge is 2.19. The van der Waals surface area contributed by atoms with Crippen LogP contribution in [0.4, 0.5) is 5.69 Å². The molecule has 1 unspecified atom stereocenters. The summed E-state index contributed by atoms with van der Waals surface area (Å²) in [4.78, 5) is 23.3. The summed E-state index contributed by atoms with van der Waals surface area (Å²) < 4.78 is 0. The van der Waals surface area contributed by atoms with Gasteiger partial charge >= 0.3 is 0 Å². The molecule has 0 radical (unpaired) electrons. The van der Waals surface area contributed by atoms with Crippen molar-refractivity contribution in [3.05, 3.63) is 28.8 Å². The van der Waals surface area contributed by atoms with Gasteiger partial charge in [-0.25, -0.2) is 0 Å². The van der Waals surface area contributed by atoms with E-state index in [0.29, 0.717) is 17.1 Å². The standard InChI is InChI=1S/C16H23ClN4O2S/c1-9(2)6-13(15(18)23)20-14(22)8-19-16(24)21-12-5-4-10(3)7-11(12)17/h4-5,7,9,13H,6,8H2,1-3H3,(H2,18,23)(H,20,22)(H2,19,21,24). The Hall–Kier alpha value is -1.86. The van der Waals surface area contributed by atoms with Gasteiger partial charge in [0, 0.05) is 0 Å². The smallest absolute Gasteiger partial charge is 0.240 e. The van der Waals surface area contributed by atoms with Crippen LogP contribution in [-0.4, -0.2) is 29.5 Å². The van der Waals surface area contributed by atoms with E-state index in [1.54, 1.807) is 6.07 Å². The lowest BCUT2D eigenvalue weighted by Crippen LogP contribution is -2.48. The van der Waals surface area contributed by atoms with Crippen LogP contribution in [0.2, 0.25) is 5.02 Å². The van der Waals surface area contributed by atoms with Gasteiger partial charge in [-0.2, -0.15) is 0 Å². The van der Waals surface area contributed by atoms with E-state index in [1.807, 2.05) is 32.9 Å². The van der Waals surface area contributed by atoms with Crippen molar-refractivity contribution in [3.63, 3.8) is 0 Å². The fourth-order valence-electron chi connectivity index (χ4n) is 2.01. The van der Waals surface area contributed by atoms with Crippen LogP contribution in [0, 0.1) is 12.8 Å². The number of anilines is 1. The summed E-state index contributed by atoms with van der Waals surface area (Å²) >= 11 is 11.2. The second kappa shape index (κ2) is 9.44. The number of amides is 2. The van der Waals surface area contributed by atoms with Crippen molar-refractivity contribution in [2.75, 3.05) is 11.9 Å². The molecule has 0 aliphatic rings. The summed E-state index contributed by atoms with van der Waals surface area (Å²) in [6.45, 7) is 5.76. The van der Waals surface area contributed by atoms with Gasteiger partial charge in [0.25, 0.3) is 0 Å². The Morgan fingerprint density at radius 2 is 2.00 bits per heavy atom. The average Bonchev–Trinajstić information content (AvgIpc) is 2.47. The third kappa shape index (κ3) is 7.14. The SMILES string of the molecule is Cc1ccc(NC(=S)NCC(=O)NC(CC(C)C)C(N)=O)c(Cl)c1. The Morgan fingerprint density at radius 3 is 2.54 bits per heavy atom. The first kappa shape index (κ1) is 20.2. The third-order valence-electron chi connectivity index (χ3n) is 3.17. The van der Waals surface area contributed by atoms with E-state index in [2.05, 4.69) is 16.0 Å². The number of thiocarbonyl (C=S) groups is 1. The molecule has 8 heteroatoms. The maximum absolute atomic E-state index is 11.9. The first-order chi connectivity index (χ1) is 11.2. The van der Waals surface area contributed by atoms with E-state index in [1.165, 1.54) is 0 Å². The van der Waals surface area contributed by atoms with Gasteiger partial charge in [0.2, 0.25) is 11.8 Å². The monoisotopic (exact) mass is 370 g/mol. The molecule has 5 N–H and O–H groups in total. The second-order valence-corrected chi connectivity index (χ2v) is 6.76. The van der Waals surface area contributed by atoms with Crippen LogP contribution in [0.1, 0.15) is 25.8 Å². The van der Waals surface area contributed by atoms with Crippen molar-refractivity contribution in [2.45, 2.75) is 33.2 Å². The van der Waals surface area contributed by atoms with Gasteiger partial charge in [-0.1, -0.05) is 31.5 Å². The molecule has 0 aromatic heterocycles. The molecule has 1 rings (SSSR count). The van der Waals surface area contributed by atoms with Crippen molar-refractivity contribution >= 4 is 46.4 Å². The zero-order chi connectivity index (χ0) is 18.3. The number of halogens is 1. The molecule has 1 aromatic rings. The van der Waals surface area contributed by atoms with Crippen LogP contribution in [0.25, 0.3) is 0 Å². The van der Waals surface area contributed by atoms with E-state index in [0.717, 1.165) is 5.56 Å². The molecular weight excluding hydrogens is 348 g/mol. The fourth-order valence-corrected chi connectivity index (χ4v) is 2.48. The summed E-state index contributed by atoms with van der Waals surface area (Å²) in [6, 6.07) is 4.82. The molecule has 0 bridgehead atoms. The van der Waals surface area contributed by atoms with Gasteiger partial charge in [-0.05, 0) is 49.2 Å². The van der Waals surface area contributed by atoms with Crippen molar-refractivity contribution in [1.29, 1.82) is 0 Å². The number of carbonyl (C=O) groups is 2. The number of nitrogens with two attached hydrogens (primary N) is 1. The highest BCUT2D eigenvalue weighted by molar-refractivity contribution is 7.80. The largest absolute Gasteiger partial charge is 0.368 e. The molecule has 2 amide bonds. The number of hydrogen-bond donors (Lipinski definition) is 4. The Kier molecular flexibility index (Phi) is 7.94. The molecule has 0 saturated heterocycles. The molecule has 24 heavy (non-hydrogen) atoms. The molecule has 0 fully saturated rings. The Labute approximate surface area is 152 Å². The number of nitrogens with one attached hydrogen (secondary N) is 3. The van der Waals surface area contributed by atoms with Gasteiger partial charge in [-0.3, -0.25) is 9.59 Å². The number of carbonyl (C=O) groups excluding carboxylic acids is 2. The number of rotatable bonds is 7. The van der Waals surface area contributed by atoms with Crippen molar-refractivity contribution in [3.8, 4) is 0 Å². The normalized spacial score (nSPS) is 11.7. The maximum Gasteiger partial charge on any atom is 0.240 e. The summed E-state index contributed by atoms with van der Waals surface area (Å²) in [7, 11) is 0. The molecule has 0 spiro atoms. The summed E-state index contributed by atoms with van der Waals surface area (Å²) in [5.41, 5.74) is 6.98. The minimum atomic E-state index is -0.688. The van der Waals surface area contributed by atoms with E-state index in [-0.39, 0.29) is 23.5 Å². The minimum absolute atomic E-state index is 0.0722. The molecule has 0 aliphatic carbocycles. The highest BCUT2D eigenvalue weighted by Crippen LogP contribution is 2.22. The zero-order valence-corrected chi connectivity index (χ0v) is 15.6. The molecule has 0 heterocycles. The van der Waals surface area contributed by atoms with E-state index < -0.39 is 11.9 Å². The van der Waals surface area contributed by atoms with Gasteiger partial charge in [0.15, 0.2) is 5.11 Å². The summed E-state index contributed by atoms with van der Waals surface area (Å²) in [6.07, 6.45) is 0.489. The Morgan fingerprint density at radius 1 is 1.33 bits per heavy atom. The lowest BCUT2D eigenvalue weighted by molar-refractivity contribution is -0.127. The molecule has 1 atom stereocenters. The van der Waals surface area contributed by atoms with Crippen LogP contribution >= 0.6 is 23.8 Å². The lowest BCUT2D eigenvalue weighted by atomic mass is 10.0. The molecule has 0 saturated carbocycles. The van der Waals surface area contributed by atoms with Gasteiger partial charge in [0.05, 0.1) is 17.3 Å². The number of primary amides is 1. The van der Waals surface area contributed by atoms with Crippen LogP contribution in [0.15, 0.2) is 18.2 Å². The molecule has 6 nitrogen and oxygen atoms in total. The highest BCUT2D eigenvalue weighted by atomic mass is 35.5. The quantitative estimate of drug-likeness (QED) is 0.550. The van der Waals surface area contributed by atoms with Crippen LogP contribution in [-0.2, 0) is 9.59 Å². The Bertz CT molecular complexity index is 622. The van der Waals surface area contributed by atoms with E-state index in [4.69, 9.17) is 29.6 Å². The maximum atomic E-state index is 11.9. The minimum Gasteiger partial charge on any atom is -0.368 e. The first-order valence-electron chi connectivity index (χ1n) is 7.58. The second-order valence-electron chi connectivity index (χ2n) is 5.94. The fraction of sp³-hybridized carbons (Fsp3) is 0.438. The van der Waals surface area contributed by atoms with Crippen molar-refractivity contribution < 1.29 is 9.59 Å². The first-order valence-corrected chi connectivity index (χ1v) is 8.37. The molecule has 0 aliphatic heterocycles. The van der Waals surface area contributed by atoms with Gasteiger partial charge in [0.1, 0.15) is 6.04 Å². The number of benzene rings is 1. The average molecular weight is 371 g/mol. The molecular formula is C16H23ClN4O2S. The van der Waals surface area contributed by atoms with E-state index >= 15 is 0 Å². The topological polar surface area (TPSA) is 96.2 Å². The lowest BCUT2D eigenvalue weighted by Gasteiger charge is -2.18. The Balaban J connectivity index is 2.48. The summed E-state index contributed by atoms with van der Waals surface area (Å²) in [5.74, 6) is -0.676. The van der Waals surface area contributed by atoms with Gasteiger partial charge in [-0.15, -0.1) is 0 Å². The van der Waals surface area contributed by atoms with Crippen LogP contribution in [0.3, 0.4) is 0 Å². The van der Waals surface area contributed by atoms with Crippen molar-refractivity contribution in [1.82, 2.24) is 10.6 Å². The molecule has 132 valence electrons. The van der Waals surface area contributed by atoms with Crippen LogP contribution < -0.4 is 21.7 Å². The third-order valence-corrected chi connectivity index (χ3v) is 3.73. The van der Waals surface area contributed by atoms with Gasteiger partial charge < -0.3 is 21.7 Å². The van der Waals surface area contributed by atoms with E-state index in [9.17, 15) is 9.59 Å². The summed E-state index contributed by atoms with van der Waals surface area (Å²) in [5, 5.41) is 9.08. The zero-order valence-electron chi connectivity index (χ0n) is 14.0. The van der Waals surface area contributed by atoms with Crippen molar-refractivity contribution in [2.24, 2.45) is 11.7 Å². The predicted molar refractivity (Wildman–Crippen MR) is 101 cm³/mol. The predicted octanol–water partition coefficient (Wildman–Crippen LogP) is 1.95. The molecule has 1 aromatic carbocycles. The number of hydrogen-bond acceptors (Lipinski definition) is 3. The van der Waals surface area contributed by atoms with Crippen LogP contribution in [0.5, 0.6) is 0 Å².